The Balaban J connectivity index is 2.40. The lowest BCUT2D eigenvalue weighted by Crippen LogP contribution is -1.88. The van der Waals surface area contributed by atoms with Gasteiger partial charge in [-0.3, -0.25) is 0 Å². The second-order valence-electron chi connectivity index (χ2n) is 3.40. The highest BCUT2D eigenvalue weighted by Gasteiger charge is 2.18. The van der Waals surface area contributed by atoms with Gasteiger partial charge in [-0.1, -0.05) is 27.5 Å². The Morgan fingerprint density at radius 2 is 2.07 bits per heavy atom. The lowest BCUT2D eigenvalue weighted by molar-refractivity contribution is 1.24. The smallest absolute Gasteiger partial charge is 0.0848 e. The van der Waals surface area contributed by atoms with Gasteiger partial charge in [-0.2, -0.15) is 0 Å². The molecule has 0 radical (unpaired) electrons. The summed E-state index contributed by atoms with van der Waals surface area (Å²) in [7, 11) is 0. The first kappa shape index (κ1) is 11.6. The molecule has 1 atom stereocenters. The normalized spacial score (nSPS) is 13.1. The molecule has 0 aliphatic heterocycles. The van der Waals surface area contributed by atoms with Crippen LogP contribution in [-0.2, 0) is 0 Å². The molecule has 2 aromatic rings. The molecule has 0 aliphatic rings. The number of thiophene rings is 2. The summed E-state index contributed by atoms with van der Waals surface area (Å²) in [6.07, 6.45) is 0. The predicted molar refractivity (Wildman–Crippen MR) is 73.9 cm³/mol. The molecule has 2 rings (SSSR count). The molecule has 0 aliphatic carbocycles. The maximum absolute atomic E-state index is 6.13. The van der Waals surface area contributed by atoms with E-state index in [0.717, 1.165) is 5.02 Å². The average Bonchev–Trinajstić information content (AvgIpc) is 2.71. The Bertz CT molecular complexity index is 473. The third kappa shape index (κ3) is 2.31. The molecule has 2 heterocycles. The van der Waals surface area contributed by atoms with Crippen molar-refractivity contribution in [3.63, 3.8) is 0 Å². The SMILES string of the molecule is Cc1cc(C)c(C(Br)c2sccc2Cl)s1. The van der Waals surface area contributed by atoms with E-state index >= 15 is 0 Å². The number of aryl methyl sites for hydroxylation is 2. The number of rotatable bonds is 2. The summed E-state index contributed by atoms with van der Waals surface area (Å²) in [5, 5.41) is 2.88. The van der Waals surface area contributed by atoms with Crippen LogP contribution in [0.4, 0.5) is 0 Å². The maximum atomic E-state index is 6.13. The Morgan fingerprint density at radius 3 is 2.53 bits per heavy atom. The van der Waals surface area contributed by atoms with E-state index in [4.69, 9.17) is 11.6 Å². The molecule has 0 N–H and O–H groups in total. The van der Waals surface area contributed by atoms with Gasteiger partial charge < -0.3 is 0 Å². The lowest BCUT2D eigenvalue weighted by atomic mass is 10.2. The number of hydrogen-bond acceptors (Lipinski definition) is 2. The van der Waals surface area contributed by atoms with Crippen LogP contribution in [0.1, 0.15) is 25.0 Å². The van der Waals surface area contributed by atoms with Crippen molar-refractivity contribution < 1.29 is 0 Å². The summed E-state index contributed by atoms with van der Waals surface area (Å²) in [5.41, 5.74) is 1.34. The number of hydrogen-bond donors (Lipinski definition) is 0. The van der Waals surface area contributed by atoms with E-state index in [9.17, 15) is 0 Å². The Morgan fingerprint density at radius 1 is 1.33 bits per heavy atom. The van der Waals surface area contributed by atoms with Gasteiger partial charge in [0.05, 0.1) is 9.85 Å². The van der Waals surface area contributed by atoms with Crippen LogP contribution in [-0.4, -0.2) is 0 Å². The summed E-state index contributed by atoms with van der Waals surface area (Å²) in [6, 6.07) is 4.17. The summed E-state index contributed by atoms with van der Waals surface area (Å²) >= 11 is 13.4. The quantitative estimate of drug-likeness (QED) is 0.635. The van der Waals surface area contributed by atoms with Gasteiger partial charge in [-0.05, 0) is 36.9 Å². The molecule has 4 heteroatoms. The minimum absolute atomic E-state index is 0.240. The maximum Gasteiger partial charge on any atom is 0.0848 e. The topological polar surface area (TPSA) is 0 Å². The molecule has 0 bridgehead atoms. The highest BCUT2D eigenvalue weighted by molar-refractivity contribution is 9.09. The van der Waals surface area contributed by atoms with Gasteiger partial charge >= 0.3 is 0 Å². The second kappa shape index (κ2) is 4.58. The fraction of sp³-hybridized carbons (Fsp3) is 0.273. The van der Waals surface area contributed by atoms with Crippen molar-refractivity contribution in [2.24, 2.45) is 0 Å². The van der Waals surface area contributed by atoms with Gasteiger partial charge in [0, 0.05) is 14.6 Å². The third-order valence-corrected chi connectivity index (χ3v) is 6.35. The molecule has 0 saturated carbocycles. The molecule has 2 aromatic heterocycles. The zero-order valence-electron chi connectivity index (χ0n) is 8.38. The summed E-state index contributed by atoms with van der Waals surface area (Å²) in [5.74, 6) is 0. The van der Waals surface area contributed by atoms with E-state index in [0.29, 0.717) is 0 Å². The van der Waals surface area contributed by atoms with Crippen molar-refractivity contribution in [3.05, 3.63) is 42.7 Å². The molecular formula is C11H10BrClS2. The molecule has 0 fully saturated rings. The summed E-state index contributed by atoms with van der Waals surface area (Å²) in [4.78, 5) is 4.14. The highest BCUT2D eigenvalue weighted by Crippen LogP contribution is 2.42. The Labute approximate surface area is 111 Å². The van der Waals surface area contributed by atoms with Crippen LogP contribution in [0, 0.1) is 13.8 Å². The first-order valence-electron chi connectivity index (χ1n) is 4.53. The zero-order valence-corrected chi connectivity index (χ0v) is 12.4. The van der Waals surface area contributed by atoms with E-state index in [1.165, 1.54) is 20.2 Å². The van der Waals surface area contributed by atoms with Crippen LogP contribution in [0.3, 0.4) is 0 Å². The van der Waals surface area contributed by atoms with Crippen molar-refractivity contribution in [3.8, 4) is 0 Å². The van der Waals surface area contributed by atoms with Crippen LogP contribution < -0.4 is 0 Å². The minimum Gasteiger partial charge on any atom is -0.146 e. The second-order valence-corrected chi connectivity index (χ2v) is 6.96. The monoisotopic (exact) mass is 320 g/mol. The largest absolute Gasteiger partial charge is 0.146 e. The van der Waals surface area contributed by atoms with Crippen molar-refractivity contribution >= 4 is 50.2 Å². The third-order valence-electron chi connectivity index (χ3n) is 2.18. The minimum atomic E-state index is 0.240. The van der Waals surface area contributed by atoms with Crippen LogP contribution in [0.15, 0.2) is 17.5 Å². The van der Waals surface area contributed by atoms with Crippen molar-refractivity contribution in [1.29, 1.82) is 0 Å². The Kier molecular flexibility index (Phi) is 3.56. The first-order chi connectivity index (χ1) is 7.09. The standard InChI is InChI=1S/C11H10BrClS2/c1-6-5-7(2)15-10(6)9(12)11-8(13)3-4-14-11/h3-5,9H,1-2H3. The molecule has 15 heavy (non-hydrogen) atoms. The van der Waals surface area contributed by atoms with Gasteiger partial charge in [0.1, 0.15) is 0 Å². The number of halogens is 2. The van der Waals surface area contributed by atoms with Crippen LogP contribution in [0.5, 0.6) is 0 Å². The van der Waals surface area contributed by atoms with Gasteiger partial charge in [-0.15, -0.1) is 22.7 Å². The first-order valence-corrected chi connectivity index (χ1v) is 7.52. The van der Waals surface area contributed by atoms with Crippen LogP contribution >= 0.6 is 50.2 Å². The summed E-state index contributed by atoms with van der Waals surface area (Å²) in [6.45, 7) is 4.28. The van der Waals surface area contributed by atoms with Crippen molar-refractivity contribution in [2.45, 2.75) is 18.7 Å². The number of alkyl halides is 1. The molecule has 0 saturated heterocycles. The van der Waals surface area contributed by atoms with Crippen molar-refractivity contribution in [2.75, 3.05) is 0 Å². The fourth-order valence-corrected chi connectivity index (χ4v) is 5.11. The van der Waals surface area contributed by atoms with Crippen LogP contribution in [0.2, 0.25) is 5.02 Å². The average molecular weight is 322 g/mol. The zero-order chi connectivity index (χ0) is 11.0. The highest BCUT2D eigenvalue weighted by atomic mass is 79.9. The van der Waals surface area contributed by atoms with Crippen LogP contribution in [0.25, 0.3) is 0 Å². The molecule has 0 nitrogen and oxygen atoms in total. The van der Waals surface area contributed by atoms with E-state index in [2.05, 4.69) is 35.8 Å². The molecular weight excluding hydrogens is 312 g/mol. The van der Waals surface area contributed by atoms with E-state index in [1.807, 2.05) is 22.8 Å². The van der Waals surface area contributed by atoms with E-state index in [-0.39, 0.29) is 4.83 Å². The van der Waals surface area contributed by atoms with Crippen molar-refractivity contribution in [1.82, 2.24) is 0 Å². The lowest BCUT2D eigenvalue weighted by Gasteiger charge is -2.07. The molecule has 0 aromatic carbocycles. The predicted octanol–water partition coefficient (Wildman–Crippen LogP) is 5.56. The summed E-state index contributed by atoms with van der Waals surface area (Å²) < 4.78 is 0. The van der Waals surface area contributed by atoms with Gasteiger partial charge in [0.25, 0.3) is 0 Å². The molecule has 0 spiro atoms. The molecule has 1 unspecified atom stereocenters. The van der Waals surface area contributed by atoms with Gasteiger partial charge in [-0.25, -0.2) is 0 Å². The molecule has 80 valence electrons. The van der Waals surface area contributed by atoms with E-state index < -0.39 is 0 Å². The van der Waals surface area contributed by atoms with Gasteiger partial charge in [0.15, 0.2) is 0 Å². The fourth-order valence-electron chi connectivity index (χ4n) is 1.52. The van der Waals surface area contributed by atoms with E-state index in [1.54, 1.807) is 11.3 Å². The van der Waals surface area contributed by atoms with Gasteiger partial charge in [0.2, 0.25) is 0 Å². The molecule has 0 amide bonds. The Hall–Kier alpha value is 0.170.